The summed E-state index contributed by atoms with van der Waals surface area (Å²) in [5.74, 6) is 1.37. The van der Waals surface area contributed by atoms with Gasteiger partial charge in [-0.05, 0) is 40.2 Å². The Balaban J connectivity index is 2.72. The first-order valence-electron chi connectivity index (χ1n) is 6.64. The summed E-state index contributed by atoms with van der Waals surface area (Å²) < 4.78 is 6.71. The molecule has 0 saturated carbocycles. The third kappa shape index (κ3) is 4.02. The highest BCUT2D eigenvalue weighted by Crippen LogP contribution is 2.14. The number of carbonyl (C=O) groups excluding carboxylic acids is 1. The molecular formula is C13H24N4O2. The number of esters is 1. The van der Waals surface area contributed by atoms with Crippen LogP contribution in [0.2, 0.25) is 0 Å². The zero-order valence-corrected chi connectivity index (χ0v) is 12.5. The molecule has 1 atom stereocenters. The van der Waals surface area contributed by atoms with Crippen LogP contribution in [-0.2, 0) is 16.1 Å². The van der Waals surface area contributed by atoms with Crippen LogP contribution in [0.25, 0.3) is 0 Å². The van der Waals surface area contributed by atoms with E-state index in [1.54, 1.807) is 0 Å². The molecule has 6 nitrogen and oxygen atoms in total. The molecule has 1 heterocycles. The Hall–Kier alpha value is -1.43. The van der Waals surface area contributed by atoms with Crippen molar-refractivity contribution in [1.82, 2.24) is 20.1 Å². The Bertz CT molecular complexity index is 430. The second-order valence-corrected chi connectivity index (χ2v) is 4.93. The van der Waals surface area contributed by atoms with E-state index < -0.39 is 5.54 Å². The van der Waals surface area contributed by atoms with E-state index in [4.69, 9.17) is 4.74 Å². The lowest BCUT2D eigenvalue weighted by molar-refractivity contribution is -0.148. The molecule has 1 rings (SSSR count). The summed E-state index contributed by atoms with van der Waals surface area (Å²) in [4.78, 5) is 16.2. The van der Waals surface area contributed by atoms with E-state index in [2.05, 4.69) is 22.3 Å². The summed E-state index contributed by atoms with van der Waals surface area (Å²) in [5, 5.41) is 7.56. The third-order valence-electron chi connectivity index (χ3n) is 3.19. The Morgan fingerprint density at radius 3 is 2.63 bits per heavy atom. The van der Waals surface area contributed by atoms with Gasteiger partial charge in [0.2, 0.25) is 0 Å². The lowest BCUT2D eigenvalue weighted by Gasteiger charge is -2.28. The number of rotatable bonds is 7. The van der Waals surface area contributed by atoms with Gasteiger partial charge >= 0.3 is 5.97 Å². The number of aromatic nitrogens is 3. The van der Waals surface area contributed by atoms with Crippen LogP contribution < -0.4 is 5.32 Å². The van der Waals surface area contributed by atoms with Gasteiger partial charge in [-0.15, -0.1) is 0 Å². The predicted molar refractivity (Wildman–Crippen MR) is 72.8 cm³/mol. The van der Waals surface area contributed by atoms with E-state index in [1.807, 2.05) is 25.5 Å². The normalized spacial score (nSPS) is 14.2. The molecule has 1 aromatic heterocycles. The lowest BCUT2D eigenvalue weighted by atomic mass is 9.97. The molecule has 0 aromatic carbocycles. The number of nitrogens with zero attached hydrogens (tertiary/aromatic N) is 3. The second-order valence-electron chi connectivity index (χ2n) is 4.93. The Labute approximate surface area is 114 Å². The van der Waals surface area contributed by atoms with Gasteiger partial charge in [-0.1, -0.05) is 6.92 Å². The summed E-state index contributed by atoms with van der Waals surface area (Å²) in [6.07, 6.45) is 1.58. The summed E-state index contributed by atoms with van der Waals surface area (Å²) in [6.45, 7) is 9.12. The molecule has 0 spiro atoms. The van der Waals surface area contributed by atoms with Gasteiger partial charge in [0.15, 0.2) is 0 Å². The zero-order valence-electron chi connectivity index (χ0n) is 12.5. The molecule has 0 aliphatic carbocycles. The Morgan fingerprint density at radius 2 is 2.16 bits per heavy atom. The number of aryl methyl sites for hydroxylation is 3. The molecule has 0 saturated heterocycles. The van der Waals surface area contributed by atoms with Gasteiger partial charge in [0.05, 0.1) is 7.11 Å². The highest BCUT2D eigenvalue weighted by Gasteiger charge is 2.33. The van der Waals surface area contributed by atoms with E-state index >= 15 is 0 Å². The average molecular weight is 268 g/mol. The van der Waals surface area contributed by atoms with E-state index in [9.17, 15) is 4.79 Å². The largest absolute Gasteiger partial charge is 0.468 e. The molecule has 19 heavy (non-hydrogen) atoms. The van der Waals surface area contributed by atoms with E-state index in [1.165, 1.54) is 7.11 Å². The van der Waals surface area contributed by atoms with Gasteiger partial charge < -0.3 is 10.1 Å². The first kappa shape index (κ1) is 15.6. The number of hydrogen-bond donors (Lipinski definition) is 1. The standard InChI is InChI=1S/C13H24N4O2/c1-6-8-14-13(4,12(18)19-5)7-9-17-11(3)15-10(2)16-17/h14H,6-9H2,1-5H3. The maximum Gasteiger partial charge on any atom is 0.325 e. The van der Waals surface area contributed by atoms with Crippen LogP contribution in [-0.4, -0.2) is 39.9 Å². The summed E-state index contributed by atoms with van der Waals surface area (Å²) >= 11 is 0. The van der Waals surface area contributed by atoms with Crippen molar-refractivity contribution in [3.8, 4) is 0 Å². The second kappa shape index (κ2) is 6.65. The van der Waals surface area contributed by atoms with Crippen LogP contribution in [0, 0.1) is 13.8 Å². The fourth-order valence-electron chi connectivity index (χ4n) is 1.99. The van der Waals surface area contributed by atoms with E-state index in [0.29, 0.717) is 13.0 Å². The smallest absolute Gasteiger partial charge is 0.325 e. The monoisotopic (exact) mass is 268 g/mol. The molecule has 0 amide bonds. The number of hydrogen-bond acceptors (Lipinski definition) is 5. The van der Waals surface area contributed by atoms with Crippen molar-refractivity contribution in [3.63, 3.8) is 0 Å². The van der Waals surface area contributed by atoms with Crippen molar-refractivity contribution in [2.24, 2.45) is 0 Å². The van der Waals surface area contributed by atoms with Crippen molar-refractivity contribution >= 4 is 5.97 Å². The van der Waals surface area contributed by atoms with Gasteiger partial charge in [-0.25, -0.2) is 4.98 Å². The van der Waals surface area contributed by atoms with Gasteiger partial charge in [0.25, 0.3) is 0 Å². The van der Waals surface area contributed by atoms with Crippen molar-refractivity contribution in [2.45, 2.75) is 52.6 Å². The predicted octanol–water partition coefficient (Wildman–Crippen LogP) is 1.22. The quantitative estimate of drug-likeness (QED) is 0.753. The Morgan fingerprint density at radius 1 is 1.47 bits per heavy atom. The molecule has 6 heteroatoms. The summed E-state index contributed by atoms with van der Waals surface area (Å²) in [6, 6.07) is 0. The van der Waals surface area contributed by atoms with Crippen LogP contribution in [0.1, 0.15) is 38.3 Å². The zero-order chi connectivity index (χ0) is 14.5. The molecular weight excluding hydrogens is 244 g/mol. The average Bonchev–Trinajstić information content (AvgIpc) is 2.71. The first-order chi connectivity index (χ1) is 8.92. The molecule has 0 radical (unpaired) electrons. The molecule has 0 bridgehead atoms. The van der Waals surface area contributed by atoms with Crippen LogP contribution in [0.15, 0.2) is 0 Å². The minimum absolute atomic E-state index is 0.240. The van der Waals surface area contributed by atoms with Crippen molar-refractivity contribution in [2.75, 3.05) is 13.7 Å². The molecule has 0 aliphatic heterocycles. The highest BCUT2D eigenvalue weighted by molar-refractivity contribution is 5.80. The molecule has 1 aromatic rings. The van der Waals surface area contributed by atoms with Crippen molar-refractivity contribution < 1.29 is 9.53 Å². The minimum atomic E-state index is -0.683. The molecule has 0 fully saturated rings. The highest BCUT2D eigenvalue weighted by atomic mass is 16.5. The topological polar surface area (TPSA) is 69.0 Å². The van der Waals surface area contributed by atoms with Gasteiger partial charge in [0.1, 0.15) is 17.2 Å². The summed E-state index contributed by atoms with van der Waals surface area (Å²) in [7, 11) is 1.42. The molecule has 1 unspecified atom stereocenters. The third-order valence-corrected chi connectivity index (χ3v) is 3.19. The van der Waals surface area contributed by atoms with E-state index in [-0.39, 0.29) is 5.97 Å². The molecule has 1 N–H and O–H groups in total. The summed E-state index contributed by atoms with van der Waals surface area (Å²) in [5.41, 5.74) is -0.683. The van der Waals surface area contributed by atoms with Crippen LogP contribution in [0.4, 0.5) is 0 Å². The van der Waals surface area contributed by atoms with Crippen LogP contribution >= 0.6 is 0 Å². The molecule has 0 aliphatic rings. The van der Waals surface area contributed by atoms with Gasteiger partial charge in [0, 0.05) is 6.54 Å². The minimum Gasteiger partial charge on any atom is -0.468 e. The van der Waals surface area contributed by atoms with Crippen LogP contribution in [0.5, 0.6) is 0 Å². The number of ether oxygens (including phenoxy) is 1. The number of nitrogens with one attached hydrogen (secondary N) is 1. The van der Waals surface area contributed by atoms with Crippen LogP contribution in [0.3, 0.4) is 0 Å². The van der Waals surface area contributed by atoms with Crippen molar-refractivity contribution in [1.29, 1.82) is 0 Å². The Kier molecular flexibility index (Phi) is 5.47. The SMILES string of the molecule is CCCNC(C)(CCn1nc(C)nc1C)C(=O)OC. The lowest BCUT2D eigenvalue weighted by Crippen LogP contribution is -2.51. The maximum atomic E-state index is 11.9. The fraction of sp³-hybridized carbons (Fsp3) is 0.769. The van der Waals surface area contributed by atoms with Gasteiger partial charge in [-0.2, -0.15) is 5.10 Å². The van der Waals surface area contributed by atoms with Gasteiger partial charge in [-0.3, -0.25) is 9.48 Å². The van der Waals surface area contributed by atoms with E-state index in [0.717, 1.165) is 24.6 Å². The number of methoxy groups -OCH3 is 1. The molecule has 108 valence electrons. The van der Waals surface area contributed by atoms with Crippen molar-refractivity contribution in [3.05, 3.63) is 11.6 Å². The fourth-order valence-corrected chi connectivity index (χ4v) is 1.99. The number of carbonyl (C=O) groups is 1. The first-order valence-corrected chi connectivity index (χ1v) is 6.64. The maximum absolute atomic E-state index is 11.9.